The van der Waals surface area contributed by atoms with E-state index in [0.29, 0.717) is 12.1 Å². The number of aromatic nitrogens is 1. The molecule has 1 aromatic heterocycles. The van der Waals surface area contributed by atoms with Gasteiger partial charge < -0.3 is 5.11 Å². The van der Waals surface area contributed by atoms with Gasteiger partial charge in [0.25, 0.3) is 0 Å². The molecule has 1 heterocycles. The quantitative estimate of drug-likeness (QED) is 0.925. The summed E-state index contributed by atoms with van der Waals surface area (Å²) in [6.07, 6.45) is 1.18. The fourth-order valence-electron chi connectivity index (χ4n) is 1.63. The lowest BCUT2D eigenvalue weighted by molar-refractivity contribution is 0.173. The van der Waals surface area contributed by atoms with E-state index in [-0.39, 0.29) is 5.02 Å². The third-order valence-corrected chi connectivity index (χ3v) is 3.48. The van der Waals surface area contributed by atoms with Crippen LogP contribution in [0.15, 0.2) is 41.0 Å². The largest absolute Gasteiger partial charge is 0.386 e. The molecule has 0 aliphatic heterocycles. The molecule has 0 aliphatic carbocycles. The van der Waals surface area contributed by atoms with Gasteiger partial charge in [0.15, 0.2) is 0 Å². The van der Waals surface area contributed by atoms with Gasteiger partial charge in [-0.15, -0.1) is 0 Å². The summed E-state index contributed by atoms with van der Waals surface area (Å²) < 4.78 is 13.8. The molecule has 1 unspecified atom stereocenters. The zero-order valence-electron chi connectivity index (χ0n) is 9.28. The minimum atomic E-state index is -0.762. The highest BCUT2D eigenvalue weighted by Crippen LogP contribution is 2.25. The Kier molecular flexibility index (Phi) is 4.32. The number of pyridine rings is 1. The Morgan fingerprint density at radius 1 is 1.39 bits per heavy atom. The van der Waals surface area contributed by atoms with Crippen LogP contribution in [0.4, 0.5) is 4.39 Å². The topological polar surface area (TPSA) is 33.1 Å². The highest BCUT2D eigenvalue weighted by molar-refractivity contribution is 9.10. The van der Waals surface area contributed by atoms with Crippen LogP contribution in [0.3, 0.4) is 0 Å². The van der Waals surface area contributed by atoms with E-state index in [2.05, 4.69) is 20.9 Å². The van der Waals surface area contributed by atoms with Crippen LogP contribution in [0, 0.1) is 5.82 Å². The van der Waals surface area contributed by atoms with E-state index in [9.17, 15) is 9.50 Å². The van der Waals surface area contributed by atoms with Crippen LogP contribution in [0.25, 0.3) is 0 Å². The van der Waals surface area contributed by atoms with Gasteiger partial charge in [-0.05, 0) is 45.8 Å². The highest BCUT2D eigenvalue weighted by atomic mass is 79.9. The molecule has 0 fully saturated rings. The maximum Gasteiger partial charge on any atom is 0.141 e. The van der Waals surface area contributed by atoms with Gasteiger partial charge in [0, 0.05) is 17.1 Å². The summed E-state index contributed by atoms with van der Waals surface area (Å²) in [4.78, 5) is 4.11. The SMILES string of the molecule is OC(Cc1ccc(F)c(Cl)c1)c1ncccc1Br. The molecule has 2 rings (SSSR count). The van der Waals surface area contributed by atoms with Crippen LogP contribution in [0.5, 0.6) is 0 Å². The maximum absolute atomic E-state index is 13.0. The number of benzene rings is 1. The second kappa shape index (κ2) is 5.78. The number of hydrogen-bond donors (Lipinski definition) is 1. The van der Waals surface area contributed by atoms with E-state index < -0.39 is 11.9 Å². The Morgan fingerprint density at radius 3 is 2.83 bits per heavy atom. The molecule has 0 amide bonds. The average Bonchev–Trinajstić information content (AvgIpc) is 2.34. The van der Waals surface area contributed by atoms with Gasteiger partial charge in [0.05, 0.1) is 10.7 Å². The predicted molar refractivity (Wildman–Crippen MR) is 72.0 cm³/mol. The number of aliphatic hydroxyl groups excluding tert-OH is 1. The number of nitrogens with zero attached hydrogens (tertiary/aromatic N) is 1. The molecule has 18 heavy (non-hydrogen) atoms. The normalized spacial score (nSPS) is 12.4. The van der Waals surface area contributed by atoms with Crippen LogP contribution in [-0.2, 0) is 6.42 Å². The standard InChI is InChI=1S/C13H10BrClFNO/c14-9-2-1-5-17-13(9)12(18)7-8-3-4-11(16)10(15)6-8/h1-6,12,18H,7H2. The first kappa shape index (κ1) is 13.5. The van der Waals surface area contributed by atoms with Gasteiger partial charge in [-0.1, -0.05) is 17.7 Å². The van der Waals surface area contributed by atoms with Crippen molar-refractivity contribution in [1.29, 1.82) is 0 Å². The van der Waals surface area contributed by atoms with Crippen molar-refractivity contribution in [1.82, 2.24) is 4.98 Å². The second-order valence-corrected chi connectivity index (χ2v) is 5.10. The number of hydrogen-bond acceptors (Lipinski definition) is 2. The van der Waals surface area contributed by atoms with E-state index in [0.717, 1.165) is 10.0 Å². The van der Waals surface area contributed by atoms with Crippen molar-refractivity contribution in [2.75, 3.05) is 0 Å². The molecule has 0 saturated heterocycles. The summed E-state index contributed by atoms with van der Waals surface area (Å²) in [5.41, 5.74) is 1.31. The Morgan fingerprint density at radius 2 is 2.17 bits per heavy atom. The second-order valence-electron chi connectivity index (χ2n) is 3.84. The van der Waals surface area contributed by atoms with Gasteiger partial charge in [-0.2, -0.15) is 0 Å². The van der Waals surface area contributed by atoms with Crippen molar-refractivity contribution in [2.24, 2.45) is 0 Å². The zero-order valence-corrected chi connectivity index (χ0v) is 11.6. The highest BCUT2D eigenvalue weighted by Gasteiger charge is 2.14. The van der Waals surface area contributed by atoms with E-state index in [4.69, 9.17) is 11.6 Å². The summed E-state index contributed by atoms with van der Waals surface area (Å²) in [6.45, 7) is 0. The minimum Gasteiger partial charge on any atom is -0.386 e. The van der Waals surface area contributed by atoms with Crippen LogP contribution >= 0.6 is 27.5 Å². The summed E-state index contributed by atoms with van der Waals surface area (Å²) in [5, 5.41) is 10.1. The maximum atomic E-state index is 13.0. The fourth-order valence-corrected chi connectivity index (χ4v) is 2.35. The molecule has 94 valence electrons. The van der Waals surface area contributed by atoms with Gasteiger partial charge >= 0.3 is 0 Å². The summed E-state index contributed by atoms with van der Waals surface area (Å²) in [5.74, 6) is -0.464. The molecule has 0 radical (unpaired) electrons. The van der Waals surface area contributed by atoms with Crippen molar-refractivity contribution >= 4 is 27.5 Å². The monoisotopic (exact) mass is 329 g/mol. The summed E-state index contributed by atoms with van der Waals surface area (Å²) in [6, 6.07) is 7.98. The number of rotatable bonds is 3. The van der Waals surface area contributed by atoms with Crippen molar-refractivity contribution in [2.45, 2.75) is 12.5 Å². The molecule has 2 aromatic rings. The Labute approximate surface area is 118 Å². The summed E-state index contributed by atoms with van der Waals surface area (Å²) in [7, 11) is 0. The lowest BCUT2D eigenvalue weighted by atomic mass is 10.1. The Hall–Kier alpha value is -0.970. The van der Waals surface area contributed by atoms with Crippen LogP contribution in [0.1, 0.15) is 17.4 Å². The molecule has 1 atom stereocenters. The molecule has 1 aromatic carbocycles. The molecule has 0 bridgehead atoms. The molecule has 0 saturated carbocycles. The Balaban J connectivity index is 2.19. The first-order chi connectivity index (χ1) is 8.58. The summed E-state index contributed by atoms with van der Waals surface area (Å²) >= 11 is 9.02. The van der Waals surface area contributed by atoms with Gasteiger partial charge in [0.2, 0.25) is 0 Å². The average molecular weight is 331 g/mol. The van der Waals surface area contributed by atoms with E-state index in [1.54, 1.807) is 18.3 Å². The van der Waals surface area contributed by atoms with E-state index in [1.807, 2.05) is 6.07 Å². The lowest BCUT2D eigenvalue weighted by Gasteiger charge is -2.12. The van der Waals surface area contributed by atoms with Gasteiger partial charge in [-0.25, -0.2) is 4.39 Å². The first-order valence-electron chi connectivity index (χ1n) is 5.30. The third-order valence-electron chi connectivity index (χ3n) is 2.52. The molecule has 2 nitrogen and oxygen atoms in total. The lowest BCUT2D eigenvalue weighted by Crippen LogP contribution is -2.05. The fraction of sp³-hybridized carbons (Fsp3) is 0.154. The van der Waals surface area contributed by atoms with Crippen LogP contribution < -0.4 is 0 Å². The van der Waals surface area contributed by atoms with Crippen molar-refractivity contribution < 1.29 is 9.50 Å². The molecule has 0 spiro atoms. The molecule has 5 heteroatoms. The number of halogens is 3. The van der Waals surface area contributed by atoms with Crippen molar-refractivity contribution in [3.63, 3.8) is 0 Å². The smallest absolute Gasteiger partial charge is 0.141 e. The van der Waals surface area contributed by atoms with E-state index in [1.165, 1.54) is 12.1 Å². The van der Waals surface area contributed by atoms with Crippen molar-refractivity contribution in [3.8, 4) is 0 Å². The predicted octanol–water partition coefficient (Wildman–Crippen LogP) is 3.91. The molecule has 0 aliphatic rings. The van der Waals surface area contributed by atoms with Crippen LogP contribution in [-0.4, -0.2) is 10.1 Å². The van der Waals surface area contributed by atoms with E-state index >= 15 is 0 Å². The molecule has 1 N–H and O–H groups in total. The molecular weight excluding hydrogens is 321 g/mol. The minimum absolute atomic E-state index is 0.0554. The third kappa shape index (κ3) is 3.07. The van der Waals surface area contributed by atoms with Crippen molar-refractivity contribution in [3.05, 3.63) is 63.1 Å². The van der Waals surface area contributed by atoms with Gasteiger partial charge in [-0.3, -0.25) is 4.98 Å². The zero-order chi connectivity index (χ0) is 13.1. The number of aliphatic hydroxyl groups is 1. The van der Waals surface area contributed by atoms with Gasteiger partial charge in [0.1, 0.15) is 11.9 Å². The van der Waals surface area contributed by atoms with Crippen LogP contribution in [0.2, 0.25) is 5.02 Å². The molecular formula is C13H10BrClFNO. The first-order valence-corrected chi connectivity index (χ1v) is 6.47. The Bertz CT molecular complexity index is 564.